The molecular formula is C26H32O2S. The van der Waals surface area contributed by atoms with Gasteiger partial charge in [0.05, 0.1) is 17.3 Å². The minimum absolute atomic E-state index is 0.146. The van der Waals surface area contributed by atoms with Crippen molar-refractivity contribution in [2.45, 2.75) is 63.4 Å². The monoisotopic (exact) mass is 408 g/mol. The number of aromatic hydroxyl groups is 1. The van der Waals surface area contributed by atoms with Crippen LogP contribution in [0.4, 0.5) is 0 Å². The van der Waals surface area contributed by atoms with Crippen molar-refractivity contribution in [1.29, 1.82) is 0 Å². The van der Waals surface area contributed by atoms with Crippen LogP contribution >= 0.6 is 11.8 Å². The van der Waals surface area contributed by atoms with Gasteiger partial charge in [-0.25, -0.2) is 0 Å². The second-order valence-electron chi connectivity index (χ2n) is 9.65. The second kappa shape index (κ2) is 8.31. The molecule has 3 heteroatoms. The van der Waals surface area contributed by atoms with Crippen LogP contribution in [0.15, 0.2) is 65.3 Å². The Balaban J connectivity index is 2.13. The fourth-order valence-electron chi connectivity index (χ4n) is 3.52. The second-order valence-corrected chi connectivity index (χ2v) is 10.7. The van der Waals surface area contributed by atoms with Gasteiger partial charge in [-0.05, 0) is 45.2 Å². The summed E-state index contributed by atoms with van der Waals surface area (Å²) in [6, 6.07) is 18.9. The number of hydrogen-bond donors (Lipinski definition) is 1. The van der Waals surface area contributed by atoms with Gasteiger partial charge in [-0.3, -0.25) is 0 Å². The third-order valence-electron chi connectivity index (χ3n) is 5.13. The van der Waals surface area contributed by atoms with Crippen molar-refractivity contribution in [2.24, 2.45) is 0 Å². The Labute approximate surface area is 179 Å². The first-order chi connectivity index (χ1) is 13.6. The summed E-state index contributed by atoms with van der Waals surface area (Å²) in [7, 11) is 0. The highest BCUT2D eigenvalue weighted by molar-refractivity contribution is 7.98. The zero-order valence-electron chi connectivity index (χ0n) is 18.3. The van der Waals surface area contributed by atoms with E-state index in [1.165, 1.54) is 11.1 Å². The van der Waals surface area contributed by atoms with E-state index >= 15 is 0 Å². The fraction of sp³-hybridized carbons (Fsp3) is 0.385. The molecule has 1 heterocycles. The van der Waals surface area contributed by atoms with Gasteiger partial charge in [0.2, 0.25) is 0 Å². The van der Waals surface area contributed by atoms with Gasteiger partial charge in [-0.2, -0.15) is 0 Å². The molecule has 1 N–H and O–H groups in total. The predicted octanol–water partition coefficient (Wildman–Crippen LogP) is 7.60. The highest BCUT2D eigenvalue weighted by Gasteiger charge is 2.28. The molecule has 0 radical (unpaired) electrons. The molecule has 0 saturated carbocycles. The van der Waals surface area contributed by atoms with Crippen LogP contribution in [-0.2, 0) is 16.6 Å². The average Bonchev–Trinajstić information content (AvgIpc) is 3.15. The highest BCUT2D eigenvalue weighted by atomic mass is 32.2. The number of phenols is 1. The third kappa shape index (κ3) is 5.08. The summed E-state index contributed by atoms with van der Waals surface area (Å²) in [6.45, 7) is 13.0. The molecule has 1 aromatic heterocycles. The summed E-state index contributed by atoms with van der Waals surface area (Å²) in [6.07, 6.45) is 1.73. The lowest BCUT2D eigenvalue weighted by molar-refractivity contribution is 0.422. The van der Waals surface area contributed by atoms with Gasteiger partial charge in [-0.1, -0.05) is 84.0 Å². The lowest BCUT2D eigenvalue weighted by atomic mass is 9.78. The lowest BCUT2D eigenvalue weighted by Gasteiger charge is -2.30. The minimum atomic E-state index is -0.146. The van der Waals surface area contributed by atoms with Crippen LogP contribution in [0.2, 0.25) is 0 Å². The zero-order chi connectivity index (χ0) is 21.2. The van der Waals surface area contributed by atoms with Gasteiger partial charge in [-0.15, -0.1) is 11.8 Å². The van der Waals surface area contributed by atoms with Crippen LogP contribution in [-0.4, -0.2) is 5.11 Å². The maximum Gasteiger partial charge on any atom is 0.123 e. The van der Waals surface area contributed by atoms with Gasteiger partial charge >= 0.3 is 0 Å². The summed E-state index contributed by atoms with van der Waals surface area (Å²) in [5.41, 5.74) is 4.19. The Kier molecular flexibility index (Phi) is 6.19. The van der Waals surface area contributed by atoms with Gasteiger partial charge in [0.15, 0.2) is 0 Å². The van der Waals surface area contributed by atoms with Crippen molar-refractivity contribution in [1.82, 2.24) is 0 Å². The van der Waals surface area contributed by atoms with Crippen LogP contribution in [0.5, 0.6) is 5.75 Å². The first-order valence-electron chi connectivity index (χ1n) is 10.1. The number of phenolic OH excluding ortho intramolecular Hbond substituents is 1. The standard InChI is InChI=1S/C26H32O2S/c1-25(2,3)21-15-19(16-22(23(21)27)26(4,5)6)24(18-11-8-7-9-12-18)29-17-20-13-10-14-28-20/h7-16,24,27H,17H2,1-6H3. The maximum absolute atomic E-state index is 11.1. The number of rotatable bonds is 5. The molecule has 0 saturated heterocycles. The molecule has 154 valence electrons. The van der Waals surface area contributed by atoms with Gasteiger partial charge in [0.1, 0.15) is 11.5 Å². The van der Waals surface area contributed by atoms with Crippen molar-refractivity contribution in [3.8, 4) is 5.75 Å². The Hall–Kier alpha value is -2.13. The Morgan fingerprint density at radius 3 is 1.90 bits per heavy atom. The highest BCUT2D eigenvalue weighted by Crippen LogP contribution is 2.45. The van der Waals surface area contributed by atoms with Crippen LogP contribution in [0, 0.1) is 0 Å². The molecule has 0 bridgehead atoms. The summed E-state index contributed by atoms with van der Waals surface area (Å²) >= 11 is 1.85. The molecule has 0 aliphatic carbocycles. The topological polar surface area (TPSA) is 33.4 Å². The molecule has 2 aromatic carbocycles. The van der Waals surface area contributed by atoms with Crippen LogP contribution in [0.3, 0.4) is 0 Å². The summed E-state index contributed by atoms with van der Waals surface area (Å²) in [5, 5.41) is 11.3. The number of benzene rings is 2. The first kappa shape index (κ1) is 21.6. The zero-order valence-corrected chi connectivity index (χ0v) is 19.1. The molecule has 29 heavy (non-hydrogen) atoms. The van der Waals surface area contributed by atoms with E-state index in [0.29, 0.717) is 5.75 Å². The summed E-state index contributed by atoms with van der Waals surface area (Å²) in [5.74, 6) is 2.20. The molecule has 0 aliphatic heterocycles. The largest absolute Gasteiger partial charge is 0.507 e. The van der Waals surface area contributed by atoms with Crippen LogP contribution in [0.25, 0.3) is 0 Å². The minimum Gasteiger partial charge on any atom is -0.507 e. The molecule has 3 aromatic rings. The Bertz CT molecular complexity index is 894. The molecule has 0 spiro atoms. The fourth-order valence-corrected chi connectivity index (χ4v) is 4.70. The van der Waals surface area contributed by atoms with Crippen molar-refractivity contribution in [3.05, 3.63) is 88.9 Å². The van der Waals surface area contributed by atoms with Crippen molar-refractivity contribution in [2.75, 3.05) is 0 Å². The Morgan fingerprint density at radius 1 is 0.828 bits per heavy atom. The van der Waals surface area contributed by atoms with E-state index in [-0.39, 0.29) is 16.1 Å². The van der Waals surface area contributed by atoms with E-state index in [4.69, 9.17) is 4.42 Å². The molecule has 2 nitrogen and oxygen atoms in total. The SMILES string of the molecule is CC(C)(C)c1cc(C(SCc2ccco2)c2ccccc2)cc(C(C)(C)C)c1O. The normalized spacial score (nSPS) is 13.4. The average molecular weight is 409 g/mol. The van der Waals surface area contributed by atoms with E-state index in [1.54, 1.807) is 6.26 Å². The van der Waals surface area contributed by atoms with Gasteiger partial charge < -0.3 is 9.52 Å². The van der Waals surface area contributed by atoms with Gasteiger partial charge in [0.25, 0.3) is 0 Å². The maximum atomic E-state index is 11.1. The molecule has 1 atom stereocenters. The predicted molar refractivity (Wildman–Crippen MR) is 124 cm³/mol. The number of hydrogen-bond acceptors (Lipinski definition) is 3. The van der Waals surface area contributed by atoms with E-state index < -0.39 is 0 Å². The van der Waals surface area contributed by atoms with Crippen LogP contribution in [0.1, 0.15) is 74.8 Å². The van der Waals surface area contributed by atoms with E-state index in [2.05, 4.69) is 84.0 Å². The van der Waals surface area contributed by atoms with Crippen molar-refractivity contribution >= 4 is 11.8 Å². The third-order valence-corrected chi connectivity index (χ3v) is 6.45. The molecular weight excluding hydrogens is 376 g/mol. The quantitative estimate of drug-likeness (QED) is 0.472. The number of furan rings is 1. The summed E-state index contributed by atoms with van der Waals surface area (Å²) < 4.78 is 5.57. The summed E-state index contributed by atoms with van der Waals surface area (Å²) in [4.78, 5) is 0. The van der Waals surface area contributed by atoms with Crippen molar-refractivity contribution < 1.29 is 9.52 Å². The number of thioether (sulfide) groups is 1. The van der Waals surface area contributed by atoms with E-state index in [9.17, 15) is 5.11 Å². The Morgan fingerprint density at radius 2 is 1.41 bits per heavy atom. The molecule has 0 fully saturated rings. The first-order valence-corrected chi connectivity index (χ1v) is 11.2. The van der Waals surface area contributed by atoms with Gasteiger partial charge in [0, 0.05) is 0 Å². The van der Waals surface area contributed by atoms with E-state index in [1.807, 2.05) is 23.9 Å². The van der Waals surface area contributed by atoms with Crippen molar-refractivity contribution in [3.63, 3.8) is 0 Å². The molecule has 1 unspecified atom stereocenters. The van der Waals surface area contributed by atoms with E-state index in [0.717, 1.165) is 22.6 Å². The molecule has 3 rings (SSSR count). The van der Waals surface area contributed by atoms with Crippen LogP contribution < -0.4 is 0 Å². The smallest absolute Gasteiger partial charge is 0.123 e. The molecule has 0 amide bonds. The molecule has 0 aliphatic rings. The lowest BCUT2D eigenvalue weighted by Crippen LogP contribution is -2.18.